The summed E-state index contributed by atoms with van der Waals surface area (Å²) in [4.78, 5) is 16.4. The third-order valence-electron chi connectivity index (χ3n) is 4.50. The quantitative estimate of drug-likeness (QED) is 0.730. The Balaban J connectivity index is 1.64. The molecule has 4 heteroatoms. The molecule has 0 spiro atoms. The molecule has 1 saturated carbocycles. The van der Waals surface area contributed by atoms with E-state index in [1.54, 1.807) is 0 Å². The Labute approximate surface area is 103 Å². The monoisotopic (exact) mass is 237 g/mol. The summed E-state index contributed by atoms with van der Waals surface area (Å²) < 4.78 is 5.14. The van der Waals surface area contributed by atoms with E-state index in [1.807, 2.05) is 11.8 Å². The minimum atomic E-state index is -0.101. The molecule has 0 aromatic heterocycles. The van der Waals surface area contributed by atoms with Crippen molar-refractivity contribution in [2.75, 3.05) is 26.2 Å². The summed E-state index contributed by atoms with van der Waals surface area (Å²) in [5.74, 6) is 0.665. The zero-order valence-corrected chi connectivity index (χ0v) is 10.5. The standard InChI is InChI=1S/C13H21N2O2/c1-2-17-13(16)15-9-10-4-5-11(15)8-12(10)14-6-3-7-14/h3,10-12H,2,4-9H2,1H3. The molecule has 3 aliphatic heterocycles. The predicted octanol–water partition coefficient (Wildman–Crippen LogP) is 1.52. The normalized spacial score (nSPS) is 36.8. The highest BCUT2D eigenvalue weighted by atomic mass is 16.6. The lowest BCUT2D eigenvalue weighted by molar-refractivity contribution is -0.0295. The molecule has 0 N–H and O–H groups in total. The van der Waals surface area contributed by atoms with E-state index in [0.29, 0.717) is 24.6 Å². The molecule has 3 atom stereocenters. The summed E-state index contributed by atoms with van der Waals surface area (Å²) in [6, 6.07) is 1.13. The fraction of sp³-hybridized carbons (Fsp3) is 0.846. The summed E-state index contributed by atoms with van der Waals surface area (Å²) in [5, 5.41) is 0. The number of amides is 1. The van der Waals surface area contributed by atoms with Crippen LogP contribution in [0, 0.1) is 12.3 Å². The molecule has 0 aromatic rings. The third kappa shape index (κ3) is 1.92. The van der Waals surface area contributed by atoms with Crippen molar-refractivity contribution < 1.29 is 9.53 Å². The Morgan fingerprint density at radius 2 is 2.24 bits per heavy atom. The van der Waals surface area contributed by atoms with E-state index in [1.165, 1.54) is 6.42 Å². The molecule has 3 saturated heterocycles. The zero-order chi connectivity index (χ0) is 11.8. The van der Waals surface area contributed by atoms with Crippen molar-refractivity contribution in [3.8, 4) is 0 Å². The second-order valence-electron chi connectivity index (χ2n) is 5.39. The van der Waals surface area contributed by atoms with Gasteiger partial charge in [0.05, 0.1) is 6.61 Å². The van der Waals surface area contributed by atoms with E-state index >= 15 is 0 Å². The van der Waals surface area contributed by atoms with Crippen LogP contribution in [0.15, 0.2) is 0 Å². The maximum Gasteiger partial charge on any atom is 0.410 e. The minimum absolute atomic E-state index is 0.101. The number of hydrogen-bond donors (Lipinski definition) is 0. The second kappa shape index (κ2) is 4.48. The Kier molecular flexibility index (Phi) is 2.99. The molecular weight excluding hydrogens is 216 g/mol. The summed E-state index contributed by atoms with van der Waals surface area (Å²) in [5.41, 5.74) is 0. The van der Waals surface area contributed by atoms with Crippen LogP contribution in [0.25, 0.3) is 0 Å². The van der Waals surface area contributed by atoms with Crippen LogP contribution in [-0.4, -0.2) is 54.2 Å². The first-order chi connectivity index (χ1) is 8.29. The number of nitrogens with zero attached hydrogens (tertiary/aromatic N) is 2. The van der Waals surface area contributed by atoms with Gasteiger partial charge in [0, 0.05) is 31.7 Å². The van der Waals surface area contributed by atoms with Gasteiger partial charge in [0.2, 0.25) is 0 Å². The van der Waals surface area contributed by atoms with Crippen LogP contribution in [0.5, 0.6) is 0 Å². The average Bonchev–Trinajstić information content (AvgIpc) is 2.28. The number of carbonyl (C=O) groups is 1. The van der Waals surface area contributed by atoms with E-state index < -0.39 is 0 Å². The first kappa shape index (κ1) is 11.3. The molecule has 17 heavy (non-hydrogen) atoms. The maximum atomic E-state index is 11.8. The molecule has 95 valence electrons. The topological polar surface area (TPSA) is 32.8 Å². The van der Waals surface area contributed by atoms with Crippen molar-refractivity contribution in [3.05, 3.63) is 6.42 Å². The van der Waals surface area contributed by atoms with Gasteiger partial charge >= 0.3 is 6.09 Å². The van der Waals surface area contributed by atoms with Crippen LogP contribution in [0.2, 0.25) is 0 Å². The molecule has 3 unspecified atom stereocenters. The van der Waals surface area contributed by atoms with Crippen LogP contribution >= 0.6 is 0 Å². The van der Waals surface area contributed by atoms with Crippen molar-refractivity contribution in [1.82, 2.24) is 9.80 Å². The molecule has 4 aliphatic rings. The number of rotatable bonds is 2. The number of piperidine rings is 2. The van der Waals surface area contributed by atoms with Gasteiger partial charge in [-0.05, 0) is 38.5 Å². The van der Waals surface area contributed by atoms with Gasteiger partial charge in [0.25, 0.3) is 0 Å². The molecule has 4 nitrogen and oxygen atoms in total. The predicted molar refractivity (Wildman–Crippen MR) is 64.5 cm³/mol. The highest BCUT2D eigenvalue weighted by molar-refractivity contribution is 5.68. The Morgan fingerprint density at radius 3 is 2.76 bits per heavy atom. The van der Waals surface area contributed by atoms with Gasteiger partial charge in [-0.15, -0.1) is 0 Å². The molecule has 0 aromatic carbocycles. The van der Waals surface area contributed by atoms with E-state index in [4.69, 9.17) is 4.74 Å². The molecular formula is C13H21N2O2. The van der Waals surface area contributed by atoms with Crippen LogP contribution in [0.3, 0.4) is 0 Å². The maximum absolute atomic E-state index is 11.8. The smallest absolute Gasteiger partial charge is 0.410 e. The van der Waals surface area contributed by atoms with Crippen LogP contribution in [0.4, 0.5) is 4.79 Å². The SMILES string of the molecule is CCOC(=O)N1CC2CCC1CC2N1C[CH]C1. The Bertz CT molecular complexity index is 304. The Hall–Kier alpha value is -0.770. The highest BCUT2D eigenvalue weighted by Gasteiger charge is 2.45. The number of carbonyl (C=O) groups excluding carboxylic acids is 1. The van der Waals surface area contributed by atoms with E-state index in [0.717, 1.165) is 32.5 Å². The minimum Gasteiger partial charge on any atom is -0.450 e. The lowest BCUT2D eigenvalue weighted by Crippen LogP contribution is -2.62. The van der Waals surface area contributed by atoms with Gasteiger partial charge < -0.3 is 9.64 Å². The third-order valence-corrected chi connectivity index (χ3v) is 4.50. The van der Waals surface area contributed by atoms with Crippen LogP contribution in [0.1, 0.15) is 26.2 Å². The molecule has 4 fully saturated rings. The molecule has 1 amide bonds. The molecule has 1 aliphatic carbocycles. The van der Waals surface area contributed by atoms with Gasteiger partial charge in [-0.2, -0.15) is 0 Å². The van der Waals surface area contributed by atoms with Gasteiger partial charge in [-0.3, -0.25) is 4.90 Å². The van der Waals surface area contributed by atoms with E-state index in [2.05, 4.69) is 11.3 Å². The van der Waals surface area contributed by atoms with Crippen molar-refractivity contribution >= 4 is 6.09 Å². The van der Waals surface area contributed by atoms with Gasteiger partial charge in [0.15, 0.2) is 0 Å². The zero-order valence-electron chi connectivity index (χ0n) is 10.5. The Morgan fingerprint density at radius 1 is 1.41 bits per heavy atom. The van der Waals surface area contributed by atoms with Crippen molar-refractivity contribution in [2.45, 2.75) is 38.3 Å². The molecule has 2 bridgehead atoms. The van der Waals surface area contributed by atoms with E-state index in [-0.39, 0.29) is 6.09 Å². The summed E-state index contributed by atoms with van der Waals surface area (Å²) >= 11 is 0. The first-order valence-corrected chi connectivity index (χ1v) is 6.78. The second-order valence-corrected chi connectivity index (χ2v) is 5.39. The van der Waals surface area contributed by atoms with Crippen molar-refractivity contribution in [1.29, 1.82) is 0 Å². The van der Waals surface area contributed by atoms with E-state index in [9.17, 15) is 4.79 Å². The van der Waals surface area contributed by atoms with Gasteiger partial charge in [0.1, 0.15) is 0 Å². The van der Waals surface area contributed by atoms with Gasteiger partial charge in [-0.1, -0.05) is 0 Å². The fourth-order valence-corrected chi connectivity index (χ4v) is 3.51. The summed E-state index contributed by atoms with van der Waals surface area (Å²) in [6.45, 7) is 5.56. The van der Waals surface area contributed by atoms with Crippen molar-refractivity contribution in [2.24, 2.45) is 5.92 Å². The van der Waals surface area contributed by atoms with Crippen molar-refractivity contribution in [3.63, 3.8) is 0 Å². The fourth-order valence-electron chi connectivity index (χ4n) is 3.51. The number of hydrogen-bond acceptors (Lipinski definition) is 3. The molecule has 4 rings (SSSR count). The lowest BCUT2D eigenvalue weighted by atomic mass is 9.75. The summed E-state index contributed by atoms with van der Waals surface area (Å²) in [7, 11) is 0. The summed E-state index contributed by atoms with van der Waals surface area (Å²) in [6.07, 6.45) is 5.82. The number of ether oxygens (including phenoxy) is 1. The van der Waals surface area contributed by atoms with Crippen LogP contribution in [-0.2, 0) is 4.74 Å². The highest BCUT2D eigenvalue weighted by Crippen LogP contribution is 2.39. The number of fused-ring (bicyclic) bond motifs is 3. The van der Waals surface area contributed by atoms with Crippen LogP contribution < -0.4 is 0 Å². The lowest BCUT2D eigenvalue weighted by Gasteiger charge is -2.54. The molecule has 1 radical (unpaired) electrons. The largest absolute Gasteiger partial charge is 0.450 e. The molecule has 3 heterocycles. The first-order valence-electron chi connectivity index (χ1n) is 6.78. The van der Waals surface area contributed by atoms with Gasteiger partial charge in [-0.25, -0.2) is 4.79 Å². The average molecular weight is 237 g/mol. The number of likely N-dealkylation sites (tertiary alicyclic amines) is 1.